The molecule has 3 aliphatic rings. The van der Waals surface area contributed by atoms with Crippen molar-refractivity contribution in [3.63, 3.8) is 0 Å². The third-order valence-corrected chi connectivity index (χ3v) is 7.29. The fourth-order valence-electron chi connectivity index (χ4n) is 4.88. The Balaban J connectivity index is 1.29. The number of fused-ring (bicyclic) bond motifs is 1. The van der Waals surface area contributed by atoms with Crippen LogP contribution in [0.1, 0.15) is 43.3 Å². The van der Waals surface area contributed by atoms with E-state index >= 15 is 0 Å². The van der Waals surface area contributed by atoms with Crippen LogP contribution in [-0.4, -0.2) is 71.0 Å². The van der Waals surface area contributed by atoms with E-state index in [2.05, 4.69) is 51.2 Å². The Morgan fingerprint density at radius 3 is 2.58 bits per heavy atom. The van der Waals surface area contributed by atoms with Crippen molar-refractivity contribution in [3.05, 3.63) is 36.3 Å². The Morgan fingerprint density at radius 1 is 1.03 bits per heavy atom. The number of aromatic nitrogens is 4. The highest BCUT2D eigenvalue weighted by atomic mass is 15.3. The standard InChI is InChI=1S/C24H31N7/c1-25-17-11-19(12-17)31-15-20(24(28-31)16-3-4-16)23-14-26-22-13-18(5-6-21(22)27-23)30-9-7-29(2)8-10-30/h5-6,13-17,19,25H,3-4,7-12H2,1-2H3. The van der Waals surface area contributed by atoms with E-state index < -0.39 is 0 Å². The Hall–Kier alpha value is -2.51. The lowest BCUT2D eigenvalue weighted by atomic mass is 9.87. The van der Waals surface area contributed by atoms with Crippen LogP contribution in [0, 0.1) is 0 Å². The minimum absolute atomic E-state index is 0.503. The van der Waals surface area contributed by atoms with Crippen LogP contribution in [0.15, 0.2) is 30.6 Å². The monoisotopic (exact) mass is 417 g/mol. The summed E-state index contributed by atoms with van der Waals surface area (Å²) in [4.78, 5) is 14.6. The van der Waals surface area contributed by atoms with E-state index in [1.165, 1.54) is 29.8 Å². The summed E-state index contributed by atoms with van der Waals surface area (Å²) in [7, 11) is 4.23. The lowest BCUT2D eigenvalue weighted by Crippen LogP contribution is -2.44. The second-order valence-electron chi connectivity index (χ2n) is 9.51. The van der Waals surface area contributed by atoms with Crippen molar-refractivity contribution in [3.8, 4) is 11.3 Å². The zero-order valence-corrected chi connectivity index (χ0v) is 18.5. The van der Waals surface area contributed by atoms with Gasteiger partial charge in [0.25, 0.3) is 0 Å². The predicted octanol–water partition coefficient (Wildman–Crippen LogP) is 3.05. The molecule has 1 saturated heterocycles. The highest BCUT2D eigenvalue weighted by molar-refractivity contribution is 5.81. The van der Waals surface area contributed by atoms with Crippen molar-refractivity contribution in [2.24, 2.45) is 0 Å². The molecule has 2 aliphatic carbocycles. The van der Waals surface area contributed by atoms with Crippen molar-refractivity contribution in [1.82, 2.24) is 30.0 Å². The Morgan fingerprint density at radius 2 is 1.84 bits per heavy atom. The zero-order valence-electron chi connectivity index (χ0n) is 18.5. The molecule has 1 aliphatic heterocycles. The van der Waals surface area contributed by atoms with Crippen molar-refractivity contribution in [1.29, 1.82) is 0 Å². The average Bonchev–Trinajstić information content (AvgIpc) is 3.52. The summed E-state index contributed by atoms with van der Waals surface area (Å²) < 4.78 is 2.19. The third-order valence-electron chi connectivity index (χ3n) is 7.29. The van der Waals surface area contributed by atoms with Crippen LogP contribution in [0.5, 0.6) is 0 Å². The number of hydrogen-bond donors (Lipinski definition) is 1. The van der Waals surface area contributed by atoms with E-state index in [1.54, 1.807) is 0 Å². The van der Waals surface area contributed by atoms with Crippen LogP contribution in [0.3, 0.4) is 0 Å². The maximum Gasteiger partial charge on any atom is 0.0927 e. The van der Waals surface area contributed by atoms with Crippen molar-refractivity contribution < 1.29 is 0 Å². The lowest BCUT2D eigenvalue weighted by molar-refractivity contribution is 0.219. The summed E-state index contributed by atoms with van der Waals surface area (Å²) >= 11 is 0. The molecule has 0 unspecified atom stereocenters. The van der Waals surface area contributed by atoms with Crippen LogP contribution in [0.2, 0.25) is 0 Å². The van der Waals surface area contributed by atoms with E-state index in [0.717, 1.165) is 55.7 Å². The molecule has 7 heteroatoms. The summed E-state index contributed by atoms with van der Waals surface area (Å²) in [5, 5.41) is 8.38. The van der Waals surface area contributed by atoms with E-state index in [9.17, 15) is 0 Å². The van der Waals surface area contributed by atoms with Gasteiger partial charge >= 0.3 is 0 Å². The van der Waals surface area contributed by atoms with Gasteiger partial charge in [0.1, 0.15) is 0 Å². The fourth-order valence-corrected chi connectivity index (χ4v) is 4.88. The van der Waals surface area contributed by atoms with Gasteiger partial charge in [0.15, 0.2) is 0 Å². The molecule has 7 nitrogen and oxygen atoms in total. The number of piperazine rings is 1. The van der Waals surface area contributed by atoms with E-state index in [1.807, 2.05) is 13.2 Å². The van der Waals surface area contributed by atoms with Crippen LogP contribution < -0.4 is 10.2 Å². The maximum atomic E-state index is 5.01. The van der Waals surface area contributed by atoms with Crippen LogP contribution in [-0.2, 0) is 0 Å². The van der Waals surface area contributed by atoms with Gasteiger partial charge in [0.05, 0.1) is 34.7 Å². The highest BCUT2D eigenvalue weighted by Gasteiger charge is 2.34. The molecule has 2 saturated carbocycles. The van der Waals surface area contributed by atoms with Gasteiger partial charge in [-0.15, -0.1) is 0 Å². The molecule has 162 valence electrons. The van der Waals surface area contributed by atoms with Crippen molar-refractivity contribution in [2.75, 3.05) is 45.2 Å². The van der Waals surface area contributed by atoms with E-state index in [-0.39, 0.29) is 0 Å². The van der Waals surface area contributed by atoms with E-state index in [0.29, 0.717) is 18.0 Å². The zero-order chi connectivity index (χ0) is 20.9. The Kier molecular flexibility index (Phi) is 4.69. The quantitative estimate of drug-likeness (QED) is 0.689. The Bertz CT molecular complexity index is 1090. The molecule has 0 bridgehead atoms. The Labute approximate surface area is 183 Å². The summed E-state index contributed by atoms with van der Waals surface area (Å²) in [6, 6.07) is 7.64. The molecule has 0 atom stereocenters. The molecule has 2 aromatic heterocycles. The summed E-state index contributed by atoms with van der Waals surface area (Å²) in [6.45, 7) is 4.33. The first kappa shape index (κ1) is 19.2. The first-order chi connectivity index (χ1) is 15.2. The largest absolute Gasteiger partial charge is 0.369 e. The second kappa shape index (κ2) is 7.57. The molecule has 0 radical (unpaired) electrons. The van der Waals surface area contributed by atoms with Gasteiger partial charge in [-0.3, -0.25) is 9.67 Å². The first-order valence-corrected chi connectivity index (χ1v) is 11.6. The number of nitrogens with one attached hydrogen (secondary N) is 1. The molecule has 6 rings (SSSR count). The van der Waals surface area contributed by atoms with E-state index in [4.69, 9.17) is 15.1 Å². The summed E-state index contributed by atoms with van der Waals surface area (Å²) in [5.74, 6) is 0.591. The first-order valence-electron chi connectivity index (χ1n) is 11.6. The molecule has 3 aromatic rings. The van der Waals surface area contributed by atoms with Gasteiger partial charge in [0, 0.05) is 55.6 Å². The number of anilines is 1. The normalized spacial score (nSPS) is 24.5. The lowest BCUT2D eigenvalue weighted by Gasteiger charge is -2.35. The summed E-state index contributed by atoms with van der Waals surface area (Å²) in [6.07, 6.45) is 8.95. The third kappa shape index (κ3) is 3.59. The molecule has 3 heterocycles. The molecule has 31 heavy (non-hydrogen) atoms. The van der Waals surface area contributed by atoms with Crippen LogP contribution in [0.4, 0.5) is 5.69 Å². The maximum absolute atomic E-state index is 5.01. The molecule has 0 amide bonds. The molecular weight excluding hydrogens is 386 g/mol. The van der Waals surface area contributed by atoms with Gasteiger partial charge in [-0.25, -0.2) is 4.98 Å². The van der Waals surface area contributed by atoms with Crippen LogP contribution >= 0.6 is 0 Å². The van der Waals surface area contributed by atoms with Gasteiger partial charge < -0.3 is 15.1 Å². The summed E-state index contributed by atoms with van der Waals surface area (Å²) in [5.41, 5.74) is 6.53. The molecule has 1 N–H and O–H groups in total. The number of nitrogens with zero attached hydrogens (tertiary/aromatic N) is 6. The predicted molar refractivity (Wildman–Crippen MR) is 124 cm³/mol. The number of likely N-dealkylation sites (N-methyl/N-ethyl adjacent to an activating group) is 1. The number of rotatable bonds is 5. The van der Waals surface area contributed by atoms with Crippen molar-refractivity contribution in [2.45, 2.75) is 43.7 Å². The fraction of sp³-hybridized carbons (Fsp3) is 0.542. The highest BCUT2D eigenvalue weighted by Crippen LogP contribution is 2.44. The SMILES string of the molecule is CNC1CC(n2cc(-c3cnc4cc(N5CCN(C)CC5)ccc4n3)c(C3CC3)n2)C1. The molecule has 3 fully saturated rings. The minimum atomic E-state index is 0.503. The topological polar surface area (TPSA) is 62.1 Å². The van der Waals surface area contributed by atoms with Crippen molar-refractivity contribution >= 4 is 16.7 Å². The van der Waals surface area contributed by atoms with Gasteiger partial charge in [-0.05, 0) is 58.0 Å². The van der Waals surface area contributed by atoms with Crippen LogP contribution in [0.25, 0.3) is 22.3 Å². The molecular formula is C24H31N7. The number of hydrogen-bond acceptors (Lipinski definition) is 6. The minimum Gasteiger partial charge on any atom is -0.369 e. The van der Waals surface area contributed by atoms with Gasteiger partial charge in [-0.1, -0.05) is 0 Å². The average molecular weight is 418 g/mol. The molecule has 1 aromatic carbocycles. The van der Waals surface area contributed by atoms with Gasteiger partial charge in [-0.2, -0.15) is 5.10 Å². The second-order valence-corrected chi connectivity index (χ2v) is 9.51. The number of benzene rings is 1. The smallest absolute Gasteiger partial charge is 0.0927 e. The van der Waals surface area contributed by atoms with Gasteiger partial charge in [0.2, 0.25) is 0 Å². The molecule has 0 spiro atoms.